The lowest BCUT2D eigenvalue weighted by molar-refractivity contribution is -0.0500. The highest BCUT2D eigenvalue weighted by Gasteiger charge is 2.49. The van der Waals surface area contributed by atoms with Gasteiger partial charge in [-0.3, -0.25) is 4.79 Å². The number of aldehydes is 1. The Morgan fingerprint density at radius 1 is 1.22 bits per heavy atom. The van der Waals surface area contributed by atoms with Crippen LogP contribution in [0.4, 0.5) is 18.0 Å². The van der Waals surface area contributed by atoms with Crippen LogP contribution >= 0.6 is 0 Å². The first-order valence-corrected chi connectivity index (χ1v) is 9.24. The van der Waals surface area contributed by atoms with E-state index in [1.54, 1.807) is 20.8 Å². The van der Waals surface area contributed by atoms with Crippen molar-refractivity contribution in [2.75, 3.05) is 6.54 Å². The van der Waals surface area contributed by atoms with Crippen LogP contribution in [0.25, 0.3) is 0 Å². The van der Waals surface area contributed by atoms with Crippen LogP contribution in [-0.4, -0.2) is 43.4 Å². The first kappa shape index (κ1) is 21.0. The molecule has 1 aromatic rings. The molecular weight excluding hydrogens is 391 g/mol. The molecule has 0 N–H and O–H groups in total. The van der Waals surface area contributed by atoms with Gasteiger partial charge in [0, 0.05) is 13.1 Å². The summed E-state index contributed by atoms with van der Waals surface area (Å²) in [6.45, 7) is 5.34. The van der Waals surface area contributed by atoms with Crippen molar-refractivity contribution in [1.29, 1.82) is 0 Å². The van der Waals surface area contributed by atoms with Gasteiger partial charge in [-0.1, -0.05) is 6.07 Å². The number of ether oxygens (including phenoxy) is 1. The summed E-state index contributed by atoms with van der Waals surface area (Å²) in [7, 11) is -5.90. The van der Waals surface area contributed by atoms with Gasteiger partial charge in [-0.2, -0.15) is 21.6 Å². The number of carbonyl (C=O) groups excluding carboxylic acids is 2. The highest BCUT2D eigenvalue weighted by atomic mass is 32.2. The van der Waals surface area contributed by atoms with Gasteiger partial charge in [0.1, 0.15) is 5.60 Å². The van der Waals surface area contributed by atoms with E-state index < -0.39 is 33.1 Å². The third-order valence-electron chi connectivity index (χ3n) is 3.66. The molecule has 0 saturated carbocycles. The smallest absolute Gasteiger partial charge is 0.444 e. The lowest BCUT2D eigenvalue weighted by atomic mass is 9.94. The molecule has 27 heavy (non-hydrogen) atoms. The van der Waals surface area contributed by atoms with Crippen molar-refractivity contribution >= 4 is 22.5 Å². The van der Waals surface area contributed by atoms with E-state index in [-0.39, 0.29) is 31.4 Å². The number of amides is 1. The van der Waals surface area contributed by atoms with Crippen molar-refractivity contribution in [3.05, 3.63) is 28.8 Å². The number of alkyl halides is 3. The maximum absolute atomic E-state index is 12.5. The minimum atomic E-state index is -5.90. The Bertz CT molecular complexity index is 858. The highest BCUT2D eigenvalue weighted by Crippen LogP contribution is 2.33. The molecule has 1 amide bonds. The summed E-state index contributed by atoms with van der Waals surface area (Å²) < 4.78 is 69.3. The highest BCUT2D eigenvalue weighted by molar-refractivity contribution is 7.88. The summed E-state index contributed by atoms with van der Waals surface area (Å²) in [4.78, 5) is 24.9. The van der Waals surface area contributed by atoms with E-state index >= 15 is 0 Å². The predicted octanol–water partition coefficient (Wildman–Crippen LogP) is 3.02. The number of hydrogen-bond acceptors (Lipinski definition) is 6. The van der Waals surface area contributed by atoms with Crippen LogP contribution < -0.4 is 4.18 Å². The van der Waals surface area contributed by atoms with Crippen LogP contribution in [0.3, 0.4) is 0 Å². The number of rotatable bonds is 3. The molecule has 7 nitrogen and oxygen atoms in total. The Balaban J connectivity index is 2.31. The number of nitrogens with zero attached hydrogens (tertiary/aromatic N) is 1. The largest absolute Gasteiger partial charge is 0.534 e. The molecule has 0 fully saturated rings. The van der Waals surface area contributed by atoms with Crippen LogP contribution in [0.1, 0.15) is 42.3 Å². The van der Waals surface area contributed by atoms with E-state index in [0.29, 0.717) is 11.1 Å². The van der Waals surface area contributed by atoms with E-state index in [9.17, 15) is 31.2 Å². The molecule has 0 atom stereocenters. The fourth-order valence-corrected chi connectivity index (χ4v) is 2.99. The SMILES string of the molecule is CC(C)(C)OC(=O)N1CCc2c(ccc(OS(=O)(=O)C(F)(F)F)c2C=O)C1. The Kier molecular flexibility index (Phi) is 5.46. The molecule has 1 heterocycles. The summed E-state index contributed by atoms with van der Waals surface area (Å²) in [6.07, 6.45) is -0.199. The second-order valence-electron chi connectivity index (χ2n) is 6.87. The van der Waals surface area contributed by atoms with Crippen LogP contribution in [0.2, 0.25) is 0 Å². The summed E-state index contributed by atoms with van der Waals surface area (Å²) in [5, 5.41) is 0. The maximum atomic E-state index is 12.5. The molecule has 0 bridgehead atoms. The van der Waals surface area contributed by atoms with Crippen molar-refractivity contribution in [1.82, 2.24) is 4.90 Å². The van der Waals surface area contributed by atoms with E-state index in [1.807, 2.05) is 0 Å². The van der Waals surface area contributed by atoms with E-state index in [4.69, 9.17) is 4.74 Å². The van der Waals surface area contributed by atoms with Gasteiger partial charge in [-0.25, -0.2) is 4.79 Å². The zero-order valence-electron chi connectivity index (χ0n) is 14.8. The second kappa shape index (κ2) is 7.02. The summed E-state index contributed by atoms with van der Waals surface area (Å²) >= 11 is 0. The maximum Gasteiger partial charge on any atom is 0.534 e. The Morgan fingerprint density at radius 2 is 1.85 bits per heavy atom. The molecule has 0 saturated heterocycles. The molecule has 1 aliphatic rings. The number of carbonyl (C=O) groups is 2. The third-order valence-corrected chi connectivity index (χ3v) is 4.63. The van der Waals surface area contributed by atoms with Gasteiger partial charge in [-0.15, -0.1) is 0 Å². The number of benzene rings is 1. The monoisotopic (exact) mass is 409 g/mol. The number of fused-ring (bicyclic) bond motifs is 1. The lowest BCUT2D eigenvalue weighted by Gasteiger charge is -2.32. The molecule has 0 unspecified atom stereocenters. The van der Waals surface area contributed by atoms with Gasteiger partial charge in [0.15, 0.2) is 12.0 Å². The van der Waals surface area contributed by atoms with Crippen molar-refractivity contribution < 1.29 is 40.1 Å². The first-order chi connectivity index (χ1) is 12.2. The zero-order chi connectivity index (χ0) is 20.6. The zero-order valence-corrected chi connectivity index (χ0v) is 15.6. The van der Waals surface area contributed by atoms with Crippen molar-refractivity contribution in [3.8, 4) is 5.75 Å². The fraction of sp³-hybridized carbons (Fsp3) is 0.500. The molecule has 1 aromatic carbocycles. The van der Waals surface area contributed by atoms with Crippen molar-refractivity contribution in [3.63, 3.8) is 0 Å². The van der Waals surface area contributed by atoms with Gasteiger partial charge in [0.05, 0.1) is 5.56 Å². The quantitative estimate of drug-likeness (QED) is 0.433. The normalized spacial score (nSPS) is 15.1. The molecule has 150 valence electrons. The fourth-order valence-electron chi connectivity index (χ4n) is 2.51. The molecule has 0 aliphatic carbocycles. The van der Waals surface area contributed by atoms with Crippen molar-refractivity contribution in [2.45, 2.75) is 44.8 Å². The predicted molar refractivity (Wildman–Crippen MR) is 87.8 cm³/mol. The van der Waals surface area contributed by atoms with Crippen LogP contribution in [0.15, 0.2) is 12.1 Å². The van der Waals surface area contributed by atoms with Gasteiger partial charge in [0.2, 0.25) is 0 Å². The molecule has 2 rings (SSSR count). The standard InChI is InChI=1S/C16H18F3NO6S/c1-15(2,3)25-14(22)20-7-6-11-10(8-20)4-5-13(12(11)9-21)26-27(23,24)16(17,18)19/h4-5,9H,6-8H2,1-3H3. The number of hydrogen-bond donors (Lipinski definition) is 0. The molecule has 0 aromatic heterocycles. The number of halogens is 3. The topological polar surface area (TPSA) is 90.0 Å². The van der Waals surface area contributed by atoms with Crippen LogP contribution in [0, 0.1) is 0 Å². The first-order valence-electron chi connectivity index (χ1n) is 7.84. The molecular formula is C16H18F3NO6S. The van der Waals surface area contributed by atoms with E-state index in [2.05, 4.69) is 4.18 Å². The summed E-state index contributed by atoms with van der Waals surface area (Å²) in [5.74, 6) is -0.702. The Morgan fingerprint density at radius 3 is 2.37 bits per heavy atom. The second-order valence-corrected chi connectivity index (χ2v) is 8.41. The lowest BCUT2D eigenvalue weighted by Crippen LogP contribution is -2.40. The Labute approximate surface area is 154 Å². The third kappa shape index (κ3) is 4.71. The summed E-state index contributed by atoms with van der Waals surface area (Å²) in [6, 6.07) is 2.28. The molecule has 1 aliphatic heterocycles. The van der Waals surface area contributed by atoms with E-state index in [1.165, 1.54) is 11.0 Å². The Hall–Kier alpha value is -2.30. The van der Waals surface area contributed by atoms with Crippen LogP contribution in [0.5, 0.6) is 5.75 Å². The molecule has 0 spiro atoms. The summed E-state index contributed by atoms with van der Waals surface area (Å²) in [5.41, 5.74) is -5.78. The van der Waals surface area contributed by atoms with Gasteiger partial charge in [-0.05, 0) is 44.4 Å². The van der Waals surface area contributed by atoms with Gasteiger partial charge < -0.3 is 13.8 Å². The van der Waals surface area contributed by atoms with Crippen molar-refractivity contribution in [2.24, 2.45) is 0 Å². The van der Waals surface area contributed by atoms with Crippen LogP contribution in [-0.2, 0) is 27.8 Å². The average Bonchev–Trinajstić information content (AvgIpc) is 2.51. The van der Waals surface area contributed by atoms with Gasteiger partial charge >= 0.3 is 21.7 Å². The minimum absolute atomic E-state index is 0.0669. The van der Waals surface area contributed by atoms with Gasteiger partial charge in [0.25, 0.3) is 0 Å². The van der Waals surface area contributed by atoms with E-state index in [0.717, 1.165) is 6.07 Å². The molecule has 0 radical (unpaired) electrons. The molecule has 11 heteroatoms. The average molecular weight is 409 g/mol. The minimum Gasteiger partial charge on any atom is -0.444 e.